The number of hydrogen-bond donors (Lipinski definition) is 3. The van der Waals surface area contributed by atoms with E-state index in [4.69, 9.17) is 24.7 Å². The van der Waals surface area contributed by atoms with E-state index in [1.165, 1.54) is 6.07 Å². The summed E-state index contributed by atoms with van der Waals surface area (Å²) in [6.45, 7) is 0.530. The molecule has 0 amide bonds. The van der Waals surface area contributed by atoms with Crippen LogP contribution in [0.2, 0.25) is 0 Å². The maximum Gasteiger partial charge on any atom is 0.193 e. The summed E-state index contributed by atoms with van der Waals surface area (Å²) in [7, 11) is 1.60. The molecule has 0 aliphatic carbocycles. The molecule has 6 rings (SSSR count). The summed E-state index contributed by atoms with van der Waals surface area (Å²) in [5.41, 5.74) is 10.3. The first-order valence-corrected chi connectivity index (χ1v) is 11.3. The van der Waals surface area contributed by atoms with Gasteiger partial charge in [-0.15, -0.1) is 0 Å². The van der Waals surface area contributed by atoms with E-state index in [0.29, 0.717) is 40.5 Å². The van der Waals surface area contributed by atoms with Crippen LogP contribution in [0.15, 0.2) is 54.6 Å². The highest BCUT2D eigenvalue weighted by atomic mass is 19.1. The Hall–Kier alpha value is -3.66. The van der Waals surface area contributed by atoms with Crippen LogP contribution in [0, 0.1) is 5.82 Å². The van der Waals surface area contributed by atoms with Crippen LogP contribution in [-0.4, -0.2) is 59.8 Å². The second-order valence-electron chi connectivity index (χ2n) is 8.74. The summed E-state index contributed by atoms with van der Waals surface area (Å²) in [4.78, 5) is 7.59. The topological polar surface area (TPSA) is 112 Å². The molecule has 9 heteroatoms. The normalized spacial score (nSPS) is 23.5. The Labute approximate surface area is 200 Å². The number of halogens is 1. The van der Waals surface area contributed by atoms with Gasteiger partial charge in [0, 0.05) is 35.0 Å². The van der Waals surface area contributed by atoms with Crippen molar-refractivity contribution in [2.24, 2.45) is 0 Å². The number of methoxy groups -OCH3 is 1. The summed E-state index contributed by atoms with van der Waals surface area (Å²) in [5, 5.41) is 9.91. The molecule has 2 aromatic heterocycles. The number of hydrogen-bond acceptors (Lipinski definition) is 7. The molecule has 0 spiro atoms. The first kappa shape index (κ1) is 21.8. The minimum atomic E-state index is -0.651. The number of H-pyrrole nitrogens is 1. The molecule has 2 unspecified atom stereocenters. The first-order chi connectivity index (χ1) is 17.0. The molecular formula is C26H24FN3O5. The summed E-state index contributed by atoms with van der Waals surface area (Å²) in [6.07, 6.45) is -1.74. The highest BCUT2D eigenvalue weighted by molar-refractivity contribution is 5.81. The number of pyridine rings is 1. The smallest absolute Gasteiger partial charge is 0.193 e. The number of anilines is 1. The van der Waals surface area contributed by atoms with E-state index in [1.807, 2.05) is 36.4 Å². The molecule has 0 saturated carbocycles. The van der Waals surface area contributed by atoms with Crippen molar-refractivity contribution in [1.82, 2.24) is 9.97 Å². The van der Waals surface area contributed by atoms with Gasteiger partial charge in [-0.25, -0.2) is 9.37 Å². The number of fused-ring (bicyclic) bond motifs is 2. The zero-order chi connectivity index (χ0) is 24.1. The minimum absolute atomic E-state index is 0.224. The lowest BCUT2D eigenvalue weighted by Gasteiger charge is -2.16. The average Bonchev–Trinajstić information content (AvgIpc) is 3.55. The fourth-order valence-corrected chi connectivity index (χ4v) is 4.73. The molecule has 4 atom stereocenters. The lowest BCUT2D eigenvalue weighted by Crippen LogP contribution is -2.34. The Bertz CT molecular complexity index is 1390. The molecule has 180 valence electrons. The maximum absolute atomic E-state index is 15.0. The van der Waals surface area contributed by atoms with Crippen LogP contribution in [0.25, 0.3) is 33.4 Å². The largest absolute Gasteiger partial charge is 0.496 e. The molecule has 8 nitrogen and oxygen atoms in total. The van der Waals surface area contributed by atoms with Gasteiger partial charge in [0.15, 0.2) is 17.8 Å². The number of aliphatic hydroxyl groups is 1. The SMILES string of the molecule is COc1cc(N)ccc1-c1ccc(-c2nc3cc(OC4CO[C@@H]5C(O)CO[C@H]45)[nH]c3cc2F)cc1. The third kappa shape index (κ3) is 3.87. The Morgan fingerprint density at radius 1 is 1.03 bits per heavy atom. The van der Waals surface area contributed by atoms with Crippen molar-refractivity contribution >= 4 is 16.7 Å². The molecule has 2 fully saturated rings. The molecule has 2 aliphatic rings. The van der Waals surface area contributed by atoms with Crippen LogP contribution in [-0.2, 0) is 9.47 Å². The predicted molar refractivity (Wildman–Crippen MR) is 128 cm³/mol. The lowest BCUT2D eigenvalue weighted by molar-refractivity contribution is 0.00794. The van der Waals surface area contributed by atoms with Crippen LogP contribution >= 0.6 is 0 Å². The van der Waals surface area contributed by atoms with E-state index in [9.17, 15) is 5.11 Å². The predicted octanol–water partition coefficient (Wildman–Crippen LogP) is 3.53. The summed E-state index contributed by atoms with van der Waals surface area (Å²) < 4.78 is 37.7. The van der Waals surface area contributed by atoms with Crippen molar-refractivity contribution in [3.05, 3.63) is 60.4 Å². The number of nitrogens with two attached hydrogens (primary N) is 1. The van der Waals surface area contributed by atoms with Crippen molar-refractivity contribution in [2.45, 2.75) is 24.4 Å². The van der Waals surface area contributed by atoms with Crippen LogP contribution in [0.5, 0.6) is 11.6 Å². The number of aromatic nitrogens is 2. The number of rotatable bonds is 5. The van der Waals surface area contributed by atoms with E-state index in [0.717, 1.165) is 11.1 Å². The lowest BCUT2D eigenvalue weighted by atomic mass is 10.0. The van der Waals surface area contributed by atoms with E-state index >= 15 is 4.39 Å². The number of aliphatic hydroxyl groups excluding tert-OH is 1. The van der Waals surface area contributed by atoms with Crippen molar-refractivity contribution in [3.8, 4) is 34.0 Å². The third-order valence-corrected chi connectivity index (χ3v) is 6.49. The summed E-state index contributed by atoms with van der Waals surface area (Å²) >= 11 is 0. The van der Waals surface area contributed by atoms with E-state index < -0.39 is 11.9 Å². The minimum Gasteiger partial charge on any atom is -0.496 e. The van der Waals surface area contributed by atoms with E-state index in [-0.39, 0.29) is 30.6 Å². The molecule has 2 aliphatic heterocycles. The van der Waals surface area contributed by atoms with Gasteiger partial charge in [-0.3, -0.25) is 0 Å². The van der Waals surface area contributed by atoms with Crippen molar-refractivity contribution in [1.29, 1.82) is 0 Å². The van der Waals surface area contributed by atoms with Crippen molar-refractivity contribution < 1.29 is 28.4 Å². The summed E-state index contributed by atoms with van der Waals surface area (Å²) in [5.74, 6) is 0.657. The van der Waals surface area contributed by atoms with Gasteiger partial charge >= 0.3 is 0 Å². The average molecular weight is 477 g/mol. The fourth-order valence-electron chi connectivity index (χ4n) is 4.73. The molecule has 4 N–H and O–H groups in total. The maximum atomic E-state index is 15.0. The van der Waals surface area contributed by atoms with Gasteiger partial charge in [-0.05, 0) is 17.7 Å². The Morgan fingerprint density at radius 2 is 1.80 bits per heavy atom. The summed E-state index contributed by atoms with van der Waals surface area (Å²) in [6, 6.07) is 16.0. The molecular weight excluding hydrogens is 453 g/mol. The Morgan fingerprint density at radius 3 is 2.60 bits per heavy atom. The quantitative estimate of drug-likeness (QED) is 0.377. The first-order valence-electron chi connectivity index (χ1n) is 11.3. The highest BCUT2D eigenvalue weighted by Crippen LogP contribution is 2.35. The van der Waals surface area contributed by atoms with Gasteiger partial charge in [0.05, 0.1) is 31.4 Å². The van der Waals surface area contributed by atoms with Crippen LogP contribution in [0.4, 0.5) is 10.1 Å². The fraction of sp³-hybridized carbons (Fsp3) is 0.269. The van der Waals surface area contributed by atoms with Crippen LogP contribution in [0.1, 0.15) is 0 Å². The molecule has 4 heterocycles. The number of ether oxygens (including phenoxy) is 4. The van der Waals surface area contributed by atoms with Crippen molar-refractivity contribution in [2.75, 3.05) is 26.1 Å². The number of aromatic amines is 1. The number of nitrogens with zero attached hydrogens (tertiary/aromatic N) is 1. The molecule has 2 saturated heterocycles. The second-order valence-corrected chi connectivity index (χ2v) is 8.74. The van der Waals surface area contributed by atoms with Gasteiger partial charge in [-0.1, -0.05) is 24.3 Å². The number of nitrogen functional groups attached to an aromatic ring is 1. The van der Waals surface area contributed by atoms with Crippen molar-refractivity contribution in [3.63, 3.8) is 0 Å². The zero-order valence-corrected chi connectivity index (χ0v) is 18.9. The van der Waals surface area contributed by atoms with Gasteiger partial charge < -0.3 is 34.8 Å². The van der Waals surface area contributed by atoms with E-state index in [1.54, 1.807) is 19.2 Å². The van der Waals surface area contributed by atoms with E-state index in [2.05, 4.69) is 9.97 Å². The van der Waals surface area contributed by atoms with Crippen LogP contribution in [0.3, 0.4) is 0 Å². The zero-order valence-electron chi connectivity index (χ0n) is 18.9. The van der Waals surface area contributed by atoms with Crippen LogP contribution < -0.4 is 15.2 Å². The standard InChI is InChI=1S/C26H24FN3O5/c1-32-21-8-15(28)6-7-16(21)13-2-4-14(5-3-13)24-17(27)9-18-19(30-24)10-23(29-18)35-22-12-34-25-20(31)11-33-26(22)25/h2-10,20,22,25-26,29,31H,11-12,28H2,1H3/t20?,22?,25-,26-/m1/s1. The van der Waals surface area contributed by atoms with Gasteiger partial charge in [0.2, 0.25) is 0 Å². The monoisotopic (exact) mass is 477 g/mol. The molecule has 0 radical (unpaired) electrons. The molecule has 2 aromatic carbocycles. The van der Waals surface area contributed by atoms with Gasteiger partial charge in [0.1, 0.15) is 29.8 Å². The molecule has 35 heavy (non-hydrogen) atoms. The van der Waals surface area contributed by atoms with Gasteiger partial charge in [0.25, 0.3) is 0 Å². The number of nitrogens with one attached hydrogen (secondary N) is 1. The second kappa shape index (κ2) is 8.53. The third-order valence-electron chi connectivity index (χ3n) is 6.49. The molecule has 0 bridgehead atoms. The number of benzene rings is 2. The highest BCUT2D eigenvalue weighted by Gasteiger charge is 2.48. The Kier molecular flexibility index (Phi) is 5.32. The molecule has 4 aromatic rings. The Balaban J connectivity index is 1.26. The van der Waals surface area contributed by atoms with Gasteiger partial charge in [-0.2, -0.15) is 0 Å².